The topological polar surface area (TPSA) is 55.8 Å². The van der Waals surface area contributed by atoms with Gasteiger partial charge < -0.3 is 9.47 Å². The molecule has 2 aromatic rings. The minimum Gasteiger partial charge on any atom is -0.494 e. The first-order chi connectivity index (χ1) is 13.1. The van der Waals surface area contributed by atoms with Crippen molar-refractivity contribution in [2.24, 2.45) is 0 Å². The maximum atomic E-state index is 13.1. The van der Waals surface area contributed by atoms with Gasteiger partial charge in [-0.3, -0.25) is 9.69 Å². The van der Waals surface area contributed by atoms with Crippen molar-refractivity contribution >= 4 is 33.5 Å². The van der Waals surface area contributed by atoms with Gasteiger partial charge >= 0.3 is 5.97 Å². The summed E-state index contributed by atoms with van der Waals surface area (Å²) in [5.41, 5.74) is 2.74. The average molecular weight is 428 g/mol. The maximum absolute atomic E-state index is 13.1. The summed E-state index contributed by atoms with van der Waals surface area (Å²) < 4.78 is 12.0. The van der Waals surface area contributed by atoms with E-state index in [0.29, 0.717) is 23.6 Å². The molecule has 0 saturated carbocycles. The molecule has 0 saturated heterocycles. The SMILES string of the molecule is CCOc1ccccc1[C@H]1CC(=O)N(c2ccc(Br)cc2)C2=C1C(=O)OC2. The number of nitrogens with zero attached hydrogens (tertiary/aromatic N) is 1. The second kappa shape index (κ2) is 7.19. The summed E-state index contributed by atoms with van der Waals surface area (Å²) in [7, 11) is 0. The first-order valence-electron chi connectivity index (χ1n) is 8.80. The first-order valence-corrected chi connectivity index (χ1v) is 9.60. The second-order valence-electron chi connectivity index (χ2n) is 6.37. The van der Waals surface area contributed by atoms with Gasteiger partial charge in [-0.25, -0.2) is 4.79 Å². The summed E-state index contributed by atoms with van der Waals surface area (Å²) in [5, 5.41) is 0. The van der Waals surface area contributed by atoms with Gasteiger partial charge in [0.1, 0.15) is 12.4 Å². The highest BCUT2D eigenvalue weighted by molar-refractivity contribution is 9.10. The van der Waals surface area contributed by atoms with E-state index in [0.717, 1.165) is 15.7 Å². The maximum Gasteiger partial charge on any atom is 0.336 e. The fourth-order valence-electron chi connectivity index (χ4n) is 3.66. The van der Waals surface area contributed by atoms with Crippen LogP contribution in [0.1, 0.15) is 24.8 Å². The third kappa shape index (κ3) is 3.14. The predicted octanol–water partition coefficient (Wildman–Crippen LogP) is 4.18. The van der Waals surface area contributed by atoms with Gasteiger partial charge in [0.15, 0.2) is 0 Å². The van der Waals surface area contributed by atoms with Crippen molar-refractivity contribution in [1.82, 2.24) is 0 Å². The van der Waals surface area contributed by atoms with Crippen LogP contribution in [0.15, 0.2) is 64.3 Å². The molecule has 0 spiro atoms. The number of rotatable bonds is 4. The van der Waals surface area contributed by atoms with E-state index in [9.17, 15) is 9.59 Å². The summed E-state index contributed by atoms with van der Waals surface area (Å²) in [6.07, 6.45) is 0.189. The number of halogens is 1. The monoisotopic (exact) mass is 427 g/mol. The van der Waals surface area contributed by atoms with Gasteiger partial charge in [-0.05, 0) is 37.3 Å². The molecule has 2 heterocycles. The van der Waals surface area contributed by atoms with Crippen molar-refractivity contribution < 1.29 is 19.1 Å². The molecule has 0 radical (unpaired) electrons. The molecular formula is C21H18BrNO4. The van der Waals surface area contributed by atoms with Crippen molar-refractivity contribution in [3.05, 3.63) is 69.8 Å². The number of esters is 1. The number of carbonyl (C=O) groups is 2. The number of carbonyl (C=O) groups excluding carboxylic acids is 2. The van der Waals surface area contributed by atoms with E-state index in [1.807, 2.05) is 55.5 Å². The molecule has 0 aromatic heterocycles. The zero-order valence-electron chi connectivity index (χ0n) is 14.8. The summed E-state index contributed by atoms with van der Waals surface area (Å²) in [6, 6.07) is 15.0. The third-order valence-corrected chi connectivity index (χ3v) is 5.33. The molecule has 0 N–H and O–H groups in total. The number of amides is 1. The van der Waals surface area contributed by atoms with Crippen LogP contribution in [0.25, 0.3) is 0 Å². The van der Waals surface area contributed by atoms with Gasteiger partial charge in [0, 0.05) is 28.1 Å². The third-order valence-electron chi connectivity index (χ3n) is 4.80. The van der Waals surface area contributed by atoms with E-state index in [1.54, 1.807) is 4.90 Å². The minimum atomic E-state index is -0.365. The van der Waals surface area contributed by atoms with Gasteiger partial charge in [-0.1, -0.05) is 34.1 Å². The first kappa shape index (κ1) is 17.8. The second-order valence-corrected chi connectivity index (χ2v) is 7.29. The molecule has 138 valence electrons. The van der Waals surface area contributed by atoms with Crippen LogP contribution in [0.5, 0.6) is 5.75 Å². The standard InChI is InChI=1S/C21H18BrNO4/c1-2-26-18-6-4-3-5-15(18)16-11-19(24)23(14-9-7-13(22)8-10-14)17-12-27-21(25)20(16)17/h3-10,16H,2,11-12H2,1H3/t16-/m1/s1. The lowest BCUT2D eigenvalue weighted by atomic mass is 9.83. The van der Waals surface area contributed by atoms with Gasteiger partial charge in [-0.15, -0.1) is 0 Å². The lowest BCUT2D eigenvalue weighted by Crippen LogP contribution is -2.37. The fourth-order valence-corrected chi connectivity index (χ4v) is 3.93. The number of hydrogen-bond acceptors (Lipinski definition) is 4. The molecule has 2 aromatic carbocycles. The van der Waals surface area contributed by atoms with Crippen LogP contribution in [0, 0.1) is 0 Å². The van der Waals surface area contributed by atoms with E-state index < -0.39 is 0 Å². The summed E-state index contributed by atoms with van der Waals surface area (Å²) >= 11 is 3.41. The molecule has 0 bridgehead atoms. The van der Waals surface area contributed by atoms with E-state index in [4.69, 9.17) is 9.47 Å². The van der Waals surface area contributed by atoms with Gasteiger partial charge in [0.05, 0.1) is 17.9 Å². The lowest BCUT2D eigenvalue weighted by Gasteiger charge is -2.32. The van der Waals surface area contributed by atoms with Gasteiger partial charge in [0.25, 0.3) is 0 Å². The molecule has 0 aliphatic carbocycles. The number of ether oxygens (including phenoxy) is 2. The number of para-hydroxylation sites is 1. The molecule has 6 heteroatoms. The number of cyclic esters (lactones) is 1. The van der Waals surface area contributed by atoms with E-state index >= 15 is 0 Å². The Labute approximate surface area is 165 Å². The van der Waals surface area contributed by atoms with E-state index in [2.05, 4.69) is 15.9 Å². The Kier molecular flexibility index (Phi) is 4.74. The van der Waals surface area contributed by atoms with Gasteiger partial charge in [-0.2, -0.15) is 0 Å². The van der Waals surface area contributed by atoms with Crippen LogP contribution < -0.4 is 9.64 Å². The van der Waals surface area contributed by atoms with Gasteiger partial charge in [0.2, 0.25) is 5.91 Å². The Morgan fingerprint density at radius 1 is 1.15 bits per heavy atom. The van der Waals surface area contributed by atoms with Crippen LogP contribution in [-0.4, -0.2) is 25.1 Å². The van der Waals surface area contributed by atoms with Crippen molar-refractivity contribution in [3.63, 3.8) is 0 Å². The smallest absolute Gasteiger partial charge is 0.336 e. The Bertz CT molecular complexity index is 935. The lowest BCUT2D eigenvalue weighted by molar-refractivity contribution is -0.136. The van der Waals surface area contributed by atoms with Crippen molar-refractivity contribution in [2.75, 3.05) is 18.1 Å². The molecule has 2 aliphatic heterocycles. The molecule has 4 rings (SSSR count). The fraction of sp³-hybridized carbons (Fsp3) is 0.238. The number of benzene rings is 2. The molecule has 5 nitrogen and oxygen atoms in total. The van der Waals surface area contributed by atoms with Crippen LogP contribution in [-0.2, 0) is 14.3 Å². The highest BCUT2D eigenvalue weighted by Crippen LogP contribution is 2.44. The number of anilines is 1. The Balaban J connectivity index is 1.82. The van der Waals surface area contributed by atoms with Crippen LogP contribution >= 0.6 is 15.9 Å². The van der Waals surface area contributed by atoms with E-state index in [-0.39, 0.29) is 30.8 Å². The molecule has 1 amide bonds. The normalized spacial score (nSPS) is 19.2. The molecule has 2 aliphatic rings. The number of hydrogen-bond donors (Lipinski definition) is 0. The Hall–Kier alpha value is -2.60. The highest BCUT2D eigenvalue weighted by atomic mass is 79.9. The highest BCUT2D eigenvalue weighted by Gasteiger charge is 2.43. The van der Waals surface area contributed by atoms with Crippen molar-refractivity contribution in [3.8, 4) is 5.75 Å². The quantitative estimate of drug-likeness (QED) is 0.686. The molecular weight excluding hydrogens is 410 g/mol. The molecule has 0 unspecified atom stereocenters. The van der Waals surface area contributed by atoms with E-state index in [1.165, 1.54) is 0 Å². The summed E-state index contributed by atoms with van der Waals surface area (Å²) in [4.78, 5) is 27.2. The Morgan fingerprint density at radius 3 is 2.63 bits per heavy atom. The molecule has 0 fully saturated rings. The Morgan fingerprint density at radius 2 is 1.89 bits per heavy atom. The minimum absolute atomic E-state index is 0.0642. The zero-order chi connectivity index (χ0) is 19.0. The van der Waals surface area contributed by atoms with Crippen LogP contribution in [0.3, 0.4) is 0 Å². The average Bonchev–Trinajstić information content (AvgIpc) is 3.05. The largest absolute Gasteiger partial charge is 0.494 e. The molecule has 1 atom stereocenters. The molecule has 27 heavy (non-hydrogen) atoms. The van der Waals surface area contributed by atoms with Crippen molar-refractivity contribution in [2.45, 2.75) is 19.3 Å². The summed E-state index contributed by atoms with van der Waals surface area (Å²) in [5.74, 6) is -0.0972. The summed E-state index contributed by atoms with van der Waals surface area (Å²) in [6.45, 7) is 2.52. The van der Waals surface area contributed by atoms with Crippen LogP contribution in [0.2, 0.25) is 0 Å². The predicted molar refractivity (Wildman–Crippen MR) is 105 cm³/mol. The van der Waals surface area contributed by atoms with Crippen molar-refractivity contribution in [1.29, 1.82) is 0 Å². The van der Waals surface area contributed by atoms with Crippen LogP contribution in [0.4, 0.5) is 5.69 Å². The zero-order valence-corrected chi connectivity index (χ0v) is 16.4.